The van der Waals surface area contributed by atoms with Crippen LogP contribution in [0.5, 0.6) is 0 Å². The zero-order chi connectivity index (χ0) is 12.8. The molecule has 1 aromatic heterocycles. The topological polar surface area (TPSA) is 65.2 Å². The fraction of sp³-hybridized carbons (Fsp3) is 0.143. The van der Waals surface area contributed by atoms with E-state index in [9.17, 15) is 4.79 Å². The van der Waals surface area contributed by atoms with Crippen LogP contribution in [0.15, 0.2) is 48.8 Å². The Balaban J connectivity index is 1.88. The number of nitrogen functional groups attached to an aromatic ring is 1. The van der Waals surface area contributed by atoms with E-state index in [1.807, 2.05) is 30.3 Å². The molecule has 0 saturated carbocycles. The van der Waals surface area contributed by atoms with Crippen molar-refractivity contribution in [2.75, 3.05) is 5.73 Å². The van der Waals surface area contributed by atoms with Gasteiger partial charge in [-0.1, -0.05) is 18.2 Å². The van der Waals surface area contributed by atoms with E-state index in [1.54, 1.807) is 18.5 Å². The second kappa shape index (κ2) is 5.82. The maximum absolute atomic E-state index is 11.6. The van der Waals surface area contributed by atoms with Crippen molar-refractivity contribution < 1.29 is 9.53 Å². The van der Waals surface area contributed by atoms with Crippen molar-refractivity contribution >= 4 is 11.7 Å². The highest BCUT2D eigenvalue weighted by molar-refractivity contribution is 5.74. The number of pyridine rings is 1. The van der Waals surface area contributed by atoms with Crippen LogP contribution < -0.4 is 5.73 Å². The van der Waals surface area contributed by atoms with Gasteiger partial charge in [-0.05, 0) is 29.3 Å². The predicted octanol–water partition coefficient (Wildman–Crippen LogP) is 1.95. The first kappa shape index (κ1) is 12.1. The zero-order valence-corrected chi connectivity index (χ0v) is 9.87. The van der Waals surface area contributed by atoms with E-state index in [0.717, 1.165) is 11.1 Å². The molecule has 0 amide bonds. The number of hydrogen-bond donors (Lipinski definition) is 1. The second-order valence-corrected chi connectivity index (χ2v) is 3.89. The number of carbonyl (C=O) groups excluding carboxylic acids is 1. The van der Waals surface area contributed by atoms with Crippen LogP contribution in [0.4, 0.5) is 5.69 Å². The van der Waals surface area contributed by atoms with Gasteiger partial charge >= 0.3 is 5.97 Å². The van der Waals surface area contributed by atoms with Crippen LogP contribution in [0.2, 0.25) is 0 Å². The van der Waals surface area contributed by atoms with Crippen LogP contribution in [0.3, 0.4) is 0 Å². The maximum atomic E-state index is 11.6. The fourth-order valence-corrected chi connectivity index (χ4v) is 1.54. The zero-order valence-electron chi connectivity index (χ0n) is 9.87. The van der Waals surface area contributed by atoms with Gasteiger partial charge in [0.1, 0.15) is 6.61 Å². The van der Waals surface area contributed by atoms with E-state index in [2.05, 4.69) is 4.98 Å². The SMILES string of the molecule is Nc1ccccc1CC(=O)OCc1ccncc1. The third-order valence-corrected chi connectivity index (χ3v) is 2.54. The Morgan fingerprint density at radius 3 is 2.61 bits per heavy atom. The third kappa shape index (κ3) is 3.31. The van der Waals surface area contributed by atoms with Crippen molar-refractivity contribution in [2.45, 2.75) is 13.0 Å². The van der Waals surface area contributed by atoms with E-state index < -0.39 is 0 Å². The van der Waals surface area contributed by atoms with Crippen LogP contribution in [-0.2, 0) is 22.6 Å². The Labute approximate surface area is 105 Å². The quantitative estimate of drug-likeness (QED) is 0.657. The number of para-hydroxylation sites is 1. The summed E-state index contributed by atoms with van der Waals surface area (Å²) < 4.78 is 5.16. The monoisotopic (exact) mass is 242 g/mol. The van der Waals surface area contributed by atoms with Gasteiger partial charge in [-0.25, -0.2) is 0 Å². The molecule has 4 nitrogen and oxygen atoms in total. The Morgan fingerprint density at radius 1 is 1.17 bits per heavy atom. The third-order valence-electron chi connectivity index (χ3n) is 2.54. The lowest BCUT2D eigenvalue weighted by atomic mass is 10.1. The van der Waals surface area contributed by atoms with Crippen LogP contribution in [-0.4, -0.2) is 11.0 Å². The standard InChI is InChI=1S/C14H14N2O2/c15-13-4-2-1-3-12(13)9-14(17)18-10-11-5-7-16-8-6-11/h1-8H,9-10,15H2. The lowest BCUT2D eigenvalue weighted by Gasteiger charge is -2.06. The largest absolute Gasteiger partial charge is 0.461 e. The molecule has 0 bridgehead atoms. The van der Waals surface area contributed by atoms with E-state index in [-0.39, 0.29) is 19.0 Å². The molecule has 0 saturated heterocycles. The van der Waals surface area contributed by atoms with E-state index >= 15 is 0 Å². The van der Waals surface area contributed by atoms with Gasteiger partial charge in [0.05, 0.1) is 6.42 Å². The van der Waals surface area contributed by atoms with Gasteiger partial charge in [0, 0.05) is 18.1 Å². The summed E-state index contributed by atoms with van der Waals surface area (Å²) in [7, 11) is 0. The highest BCUT2D eigenvalue weighted by Gasteiger charge is 2.07. The van der Waals surface area contributed by atoms with Gasteiger partial charge in [-0.2, -0.15) is 0 Å². The van der Waals surface area contributed by atoms with E-state index in [0.29, 0.717) is 5.69 Å². The minimum Gasteiger partial charge on any atom is -0.461 e. The molecule has 0 aliphatic carbocycles. The van der Waals surface area contributed by atoms with Crippen molar-refractivity contribution in [1.82, 2.24) is 4.98 Å². The molecule has 0 radical (unpaired) electrons. The summed E-state index contributed by atoms with van der Waals surface area (Å²) in [4.78, 5) is 15.5. The second-order valence-electron chi connectivity index (χ2n) is 3.89. The van der Waals surface area contributed by atoms with Crippen LogP contribution in [0.25, 0.3) is 0 Å². The lowest BCUT2D eigenvalue weighted by molar-refractivity contribution is -0.144. The number of aromatic nitrogens is 1. The Morgan fingerprint density at radius 2 is 1.89 bits per heavy atom. The smallest absolute Gasteiger partial charge is 0.310 e. The molecule has 2 aromatic rings. The van der Waals surface area contributed by atoms with Crippen LogP contribution in [0, 0.1) is 0 Å². The summed E-state index contributed by atoms with van der Waals surface area (Å²) >= 11 is 0. The molecule has 0 aliphatic rings. The molecular formula is C14H14N2O2. The minimum absolute atomic E-state index is 0.192. The van der Waals surface area contributed by atoms with Gasteiger partial charge in [-0.15, -0.1) is 0 Å². The molecule has 18 heavy (non-hydrogen) atoms. The summed E-state index contributed by atoms with van der Waals surface area (Å²) in [5.41, 5.74) is 8.07. The van der Waals surface area contributed by atoms with E-state index in [1.165, 1.54) is 0 Å². The summed E-state index contributed by atoms with van der Waals surface area (Å²) in [6, 6.07) is 10.9. The normalized spacial score (nSPS) is 10.0. The number of ether oxygens (including phenoxy) is 1. The molecule has 0 fully saturated rings. The highest BCUT2D eigenvalue weighted by atomic mass is 16.5. The highest BCUT2D eigenvalue weighted by Crippen LogP contribution is 2.12. The first-order valence-electron chi connectivity index (χ1n) is 5.63. The minimum atomic E-state index is -0.287. The van der Waals surface area contributed by atoms with Crippen molar-refractivity contribution in [3.8, 4) is 0 Å². The summed E-state index contributed by atoms with van der Waals surface area (Å²) in [6.07, 6.45) is 3.52. The van der Waals surface area contributed by atoms with Gasteiger partial charge < -0.3 is 10.5 Å². The Hall–Kier alpha value is -2.36. The molecule has 0 atom stereocenters. The molecule has 0 unspecified atom stereocenters. The van der Waals surface area contributed by atoms with Gasteiger partial charge in [0.2, 0.25) is 0 Å². The molecule has 0 spiro atoms. The number of nitrogens with zero attached hydrogens (tertiary/aromatic N) is 1. The number of rotatable bonds is 4. The first-order chi connectivity index (χ1) is 8.75. The van der Waals surface area contributed by atoms with Crippen LogP contribution >= 0.6 is 0 Å². The molecule has 4 heteroatoms. The molecule has 1 heterocycles. The number of esters is 1. The Kier molecular flexibility index (Phi) is 3.91. The molecule has 92 valence electrons. The lowest BCUT2D eigenvalue weighted by Crippen LogP contribution is -2.09. The van der Waals surface area contributed by atoms with Crippen molar-refractivity contribution in [3.63, 3.8) is 0 Å². The number of nitrogens with two attached hydrogens (primary N) is 1. The van der Waals surface area contributed by atoms with Crippen molar-refractivity contribution in [3.05, 3.63) is 59.9 Å². The average molecular weight is 242 g/mol. The summed E-state index contributed by atoms with van der Waals surface area (Å²) in [5, 5.41) is 0. The molecular weight excluding hydrogens is 228 g/mol. The van der Waals surface area contributed by atoms with Gasteiger partial charge in [-0.3, -0.25) is 9.78 Å². The van der Waals surface area contributed by atoms with Crippen LogP contribution in [0.1, 0.15) is 11.1 Å². The predicted molar refractivity (Wildman–Crippen MR) is 68.6 cm³/mol. The summed E-state index contributed by atoms with van der Waals surface area (Å²) in [5.74, 6) is -0.287. The molecule has 2 rings (SSSR count). The molecule has 2 N–H and O–H groups in total. The number of benzene rings is 1. The Bertz CT molecular complexity index is 526. The summed E-state index contributed by atoms with van der Waals surface area (Å²) in [6.45, 7) is 0.258. The van der Waals surface area contributed by atoms with Crippen molar-refractivity contribution in [1.29, 1.82) is 0 Å². The van der Waals surface area contributed by atoms with E-state index in [4.69, 9.17) is 10.5 Å². The first-order valence-corrected chi connectivity index (χ1v) is 5.63. The number of carbonyl (C=O) groups is 1. The molecule has 1 aromatic carbocycles. The average Bonchev–Trinajstić information content (AvgIpc) is 2.40. The fourth-order valence-electron chi connectivity index (χ4n) is 1.54. The maximum Gasteiger partial charge on any atom is 0.310 e. The van der Waals surface area contributed by atoms with Gasteiger partial charge in [0.15, 0.2) is 0 Å². The number of anilines is 1. The molecule has 0 aliphatic heterocycles. The number of hydrogen-bond acceptors (Lipinski definition) is 4. The van der Waals surface area contributed by atoms with Gasteiger partial charge in [0.25, 0.3) is 0 Å². The van der Waals surface area contributed by atoms with Crippen molar-refractivity contribution in [2.24, 2.45) is 0 Å².